The van der Waals surface area contributed by atoms with Crippen LogP contribution in [0.25, 0.3) is 0 Å². The van der Waals surface area contributed by atoms with Gasteiger partial charge in [0.15, 0.2) is 0 Å². The maximum atomic E-state index is 5.51. The number of halogens is 1. The van der Waals surface area contributed by atoms with E-state index in [9.17, 15) is 0 Å². The predicted octanol–water partition coefficient (Wildman–Crippen LogP) is 3.70. The van der Waals surface area contributed by atoms with Crippen LogP contribution in [0.15, 0.2) is 12.2 Å². The molecule has 0 aromatic heterocycles. The first-order valence-corrected chi connectivity index (χ1v) is 6.41. The normalized spacial score (nSPS) is 19.4. The second-order valence-corrected chi connectivity index (χ2v) is 4.70. The molecule has 1 saturated carbocycles. The number of rotatable bonds is 5. The molecule has 0 N–H and O–H groups in total. The molecule has 0 amide bonds. The van der Waals surface area contributed by atoms with Crippen LogP contribution in [0.4, 0.5) is 0 Å². The summed E-state index contributed by atoms with van der Waals surface area (Å²) >= 11 is 7.56. The molecule has 1 fully saturated rings. The molecule has 0 unspecified atom stereocenters. The molecule has 0 aliphatic heterocycles. The maximum Gasteiger partial charge on any atom is 0.0404 e. The van der Waals surface area contributed by atoms with Crippen molar-refractivity contribution in [1.29, 1.82) is 0 Å². The molecule has 0 nitrogen and oxygen atoms in total. The van der Waals surface area contributed by atoms with Crippen molar-refractivity contribution in [1.82, 2.24) is 0 Å². The summed E-state index contributed by atoms with van der Waals surface area (Å²) in [5.41, 5.74) is 0. The van der Waals surface area contributed by atoms with Gasteiger partial charge in [-0.25, -0.2) is 0 Å². The highest BCUT2D eigenvalue weighted by atomic mass is 35.5. The number of hydrogen-bond donors (Lipinski definition) is 0. The molecule has 0 saturated heterocycles. The Morgan fingerprint density at radius 2 is 2.00 bits per heavy atom. The molecule has 0 aromatic rings. The second-order valence-electron chi connectivity index (χ2n) is 3.31. The van der Waals surface area contributed by atoms with Gasteiger partial charge in [-0.2, -0.15) is 11.8 Å². The lowest BCUT2D eigenvalue weighted by Gasteiger charge is -2.05. The zero-order valence-corrected chi connectivity index (χ0v) is 9.04. The monoisotopic (exact) mass is 204 g/mol. The molecule has 70 valence electrons. The fourth-order valence-electron chi connectivity index (χ4n) is 1.61. The van der Waals surface area contributed by atoms with Gasteiger partial charge in [0.2, 0.25) is 0 Å². The Morgan fingerprint density at radius 1 is 1.25 bits per heavy atom. The summed E-state index contributed by atoms with van der Waals surface area (Å²) in [6, 6.07) is 0. The predicted molar refractivity (Wildman–Crippen MR) is 59.1 cm³/mol. The molecule has 0 spiro atoms. The summed E-state index contributed by atoms with van der Waals surface area (Å²) in [7, 11) is 0. The van der Waals surface area contributed by atoms with Gasteiger partial charge in [-0.3, -0.25) is 0 Å². The molecule has 12 heavy (non-hydrogen) atoms. The van der Waals surface area contributed by atoms with E-state index in [-0.39, 0.29) is 0 Å². The van der Waals surface area contributed by atoms with E-state index in [1.54, 1.807) is 0 Å². The van der Waals surface area contributed by atoms with E-state index in [0.29, 0.717) is 5.88 Å². The van der Waals surface area contributed by atoms with Crippen LogP contribution in [0.3, 0.4) is 0 Å². The van der Waals surface area contributed by atoms with E-state index in [4.69, 9.17) is 11.6 Å². The number of allylic oxidation sites excluding steroid dienone is 1. The molecule has 0 atom stereocenters. The smallest absolute Gasteiger partial charge is 0.0404 e. The summed E-state index contributed by atoms with van der Waals surface area (Å²) in [5.74, 6) is 4.17. The molecule has 1 rings (SSSR count). The molecule has 0 heterocycles. The fourth-order valence-corrected chi connectivity index (χ4v) is 2.81. The lowest BCUT2D eigenvalue weighted by molar-refractivity contribution is 0.623. The molecular weight excluding hydrogens is 188 g/mol. The van der Waals surface area contributed by atoms with Crippen molar-refractivity contribution in [3.8, 4) is 0 Å². The van der Waals surface area contributed by atoms with Gasteiger partial charge < -0.3 is 0 Å². The van der Waals surface area contributed by atoms with Gasteiger partial charge in [-0.15, -0.1) is 11.6 Å². The Labute approximate surface area is 84.8 Å². The molecule has 0 radical (unpaired) electrons. The second kappa shape index (κ2) is 6.85. The van der Waals surface area contributed by atoms with Gasteiger partial charge in [0, 0.05) is 11.6 Å². The van der Waals surface area contributed by atoms with Crippen LogP contribution in [0, 0.1) is 5.92 Å². The molecule has 0 aromatic carbocycles. The van der Waals surface area contributed by atoms with Gasteiger partial charge in [-0.1, -0.05) is 25.0 Å². The highest BCUT2D eigenvalue weighted by molar-refractivity contribution is 7.99. The van der Waals surface area contributed by atoms with Crippen LogP contribution in [0.5, 0.6) is 0 Å². The van der Waals surface area contributed by atoms with E-state index >= 15 is 0 Å². The molecule has 1 aliphatic rings. The average molecular weight is 205 g/mol. The zero-order chi connectivity index (χ0) is 8.65. The quantitative estimate of drug-likeness (QED) is 0.374. The van der Waals surface area contributed by atoms with Crippen molar-refractivity contribution in [3.05, 3.63) is 12.2 Å². The van der Waals surface area contributed by atoms with Crippen molar-refractivity contribution in [3.63, 3.8) is 0 Å². The van der Waals surface area contributed by atoms with Crippen LogP contribution >= 0.6 is 23.4 Å². The Bertz CT molecular complexity index is 128. The molecule has 1 aliphatic carbocycles. The van der Waals surface area contributed by atoms with Gasteiger partial charge in [0.1, 0.15) is 0 Å². The lowest BCUT2D eigenvalue weighted by atomic mass is 10.1. The fraction of sp³-hybridized carbons (Fsp3) is 0.800. The third-order valence-electron chi connectivity index (χ3n) is 2.30. The number of alkyl halides is 1. The highest BCUT2D eigenvalue weighted by Gasteiger charge is 2.13. The van der Waals surface area contributed by atoms with E-state index in [0.717, 1.165) is 11.7 Å². The number of thioether (sulfide) groups is 1. The first-order valence-electron chi connectivity index (χ1n) is 4.72. The van der Waals surface area contributed by atoms with Gasteiger partial charge in [-0.05, 0) is 24.5 Å². The first-order chi connectivity index (χ1) is 5.93. The van der Waals surface area contributed by atoms with Crippen molar-refractivity contribution in [2.75, 3.05) is 17.4 Å². The topological polar surface area (TPSA) is 0 Å². The van der Waals surface area contributed by atoms with Crippen LogP contribution in [-0.4, -0.2) is 17.4 Å². The minimum absolute atomic E-state index is 0.657. The van der Waals surface area contributed by atoms with Gasteiger partial charge in [0.25, 0.3) is 0 Å². The Hall–Kier alpha value is 0.380. The summed E-state index contributed by atoms with van der Waals surface area (Å²) < 4.78 is 0. The molecular formula is C10H17ClS. The summed E-state index contributed by atoms with van der Waals surface area (Å²) in [4.78, 5) is 0. The highest BCUT2D eigenvalue weighted by Crippen LogP contribution is 2.27. The van der Waals surface area contributed by atoms with Gasteiger partial charge in [0.05, 0.1) is 0 Å². The average Bonchev–Trinajstić information content (AvgIpc) is 2.57. The minimum atomic E-state index is 0.657. The SMILES string of the molecule is ClCC=CCSCC1CCCC1. The standard InChI is InChI=1S/C10H17ClS/c11-7-3-4-8-12-9-10-5-1-2-6-10/h3-4,10H,1-2,5-9H2. The van der Waals surface area contributed by atoms with Crippen LogP contribution in [0.1, 0.15) is 25.7 Å². The van der Waals surface area contributed by atoms with Crippen molar-refractivity contribution < 1.29 is 0 Å². The van der Waals surface area contributed by atoms with Crippen LogP contribution < -0.4 is 0 Å². The largest absolute Gasteiger partial charge is 0.158 e. The maximum absolute atomic E-state index is 5.51. The lowest BCUT2D eigenvalue weighted by Crippen LogP contribution is -1.96. The van der Waals surface area contributed by atoms with E-state index in [2.05, 4.69) is 6.08 Å². The summed E-state index contributed by atoms with van der Waals surface area (Å²) in [5, 5.41) is 0. The Balaban J connectivity index is 1.91. The third kappa shape index (κ3) is 4.42. The number of hydrogen-bond acceptors (Lipinski definition) is 1. The zero-order valence-electron chi connectivity index (χ0n) is 7.47. The van der Waals surface area contributed by atoms with Crippen molar-refractivity contribution in [2.45, 2.75) is 25.7 Å². The van der Waals surface area contributed by atoms with Crippen molar-refractivity contribution in [2.24, 2.45) is 5.92 Å². The van der Waals surface area contributed by atoms with Gasteiger partial charge >= 0.3 is 0 Å². The Kier molecular flexibility index (Phi) is 5.97. The van der Waals surface area contributed by atoms with Crippen LogP contribution in [-0.2, 0) is 0 Å². The van der Waals surface area contributed by atoms with Crippen molar-refractivity contribution >= 4 is 23.4 Å². The summed E-state index contributed by atoms with van der Waals surface area (Å²) in [6.45, 7) is 0. The van der Waals surface area contributed by atoms with E-state index < -0.39 is 0 Å². The van der Waals surface area contributed by atoms with E-state index in [1.165, 1.54) is 31.4 Å². The van der Waals surface area contributed by atoms with E-state index in [1.807, 2.05) is 17.8 Å². The molecule has 2 heteroatoms. The van der Waals surface area contributed by atoms with Crippen LogP contribution in [0.2, 0.25) is 0 Å². The Morgan fingerprint density at radius 3 is 2.67 bits per heavy atom. The summed E-state index contributed by atoms with van der Waals surface area (Å²) in [6.07, 6.45) is 10.1. The third-order valence-corrected chi connectivity index (χ3v) is 3.61. The first kappa shape index (κ1) is 10.5. The molecule has 0 bridgehead atoms. The minimum Gasteiger partial charge on any atom is -0.158 e.